The van der Waals surface area contributed by atoms with Gasteiger partial charge in [0, 0.05) is 18.0 Å². The van der Waals surface area contributed by atoms with Crippen molar-refractivity contribution in [3.8, 4) is 23.5 Å². The van der Waals surface area contributed by atoms with Crippen LogP contribution in [0.15, 0.2) is 18.5 Å². The molecule has 84 valence electrons. The molecule has 0 saturated heterocycles. The number of pyridine rings is 1. The van der Waals surface area contributed by atoms with Crippen molar-refractivity contribution in [2.45, 2.75) is 0 Å². The van der Waals surface area contributed by atoms with Crippen LogP contribution < -0.4 is 4.74 Å². The summed E-state index contributed by atoms with van der Waals surface area (Å²) in [5, 5.41) is 8.79. The molecule has 0 radical (unpaired) electrons. The SMILES string of the molecule is COc1nc(=S)nc(-c2cncc(C#N)c2)[nH]1. The van der Waals surface area contributed by atoms with E-state index in [-0.39, 0.29) is 10.8 Å². The molecule has 0 amide bonds. The predicted octanol–water partition coefficient (Wildman–Crippen LogP) is 1.48. The van der Waals surface area contributed by atoms with Crippen molar-refractivity contribution in [2.24, 2.45) is 0 Å². The monoisotopic (exact) mass is 245 g/mol. The highest BCUT2D eigenvalue weighted by Gasteiger charge is 2.05. The minimum atomic E-state index is 0.165. The lowest BCUT2D eigenvalue weighted by Crippen LogP contribution is -1.98. The first kappa shape index (κ1) is 11.2. The highest BCUT2D eigenvalue weighted by Crippen LogP contribution is 2.16. The van der Waals surface area contributed by atoms with Crippen molar-refractivity contribution in [3.05, 3.63) is 28.8 Å². The fourth-order valence-corrected chi connectivity index (χ4v) is 1.40. The molecule has 2 rings (SSSR count). The first-order valence-electron chi connectivity index (χ1n) is 4.61. The molecule has 0 spiro atoms. The molecule has 7 heteroatoms. The Morgan fingerprint density at radius 1 is 1.41 bits per heavy atom. The van der Waals surface area contributed by atoms with Crippen LogP contribution in [0.4, 0.5) is 0 Å². The molecule has 0 fully saturated rings. The smallest absolute Gasteiger partial charge is 0.297 e. The molecule has 17 heavy (non-hydrogen) atoms. The van der Waals surface area contributed by atoms with Gasteiger partial charge in [0.2, 0.25) is 4.77 Å². The Morgan fingerprint density at radius 3 is 2.94 bits per heavy atom. The van der Waals surface area contributed by atoms with E-state index in [1.807, 2.05) is 6.07 Å². The van der Waals surface area contributed by atoms with E-state index in [4.69, 9.17) is 22.2 Å². The second-order valence-electron chi connectivity index (χ2n) is 3.06. The summed E-state index contributed by atoms with van der Waals surface area (Å²) in [6.45, 7) is 0. The van der Waals surface area contributed by atoms with Gasteiger partial charge in [-0.2, -0.15) is 10.2 Å². The van der Waals surface area contributed by atoms with Gasteiger partial charge in [-0.05, 0) is 18.3 Å². The maximum absolute atomic E-state index is 8.79. The zero-order valence-electron chi connectivity index (χ0n) is 8.84. The van der Waals surface area contributed by atoms with E-state index in [2.05, 4.69) is 19.9 Å². The minimum absolute atomic E-state index is 0.165. The summed E-state index contributed by atoms with van der Waals surface area (Å²) in [7, 11) is 1.47. The number of methoxy groups -OCH3 is 1. The molecule has 6 nitrogen and oxygen atoms in total. The molecule has 0 unspecified atom stereocenters. The molecule has 0 aromatic carbocycles. The van der Waals surface area contributed by atoms with Crippen LogP contribution in [0.2, 0.25) is 0 Å². The number of ether oxygens (including phenoxy) is 1. The fraction of sp³-hybridized carbons (Fsp3) is 0.100. The number of H-pyrrole nitrogens is 1. The average molecular weight is 245 g/mol. The summed E-state index contributed by atoms with van der Waals surface area (Å²) >= 11 is 4.91. The molecule has 0 aliphatic carbocycles. The van der Waals surface area contributed by atoms with Gasteiger partial charge in [-0.25, -0.2) is 4.98 Å². The molecule has 2 aromatic rings. The third-order valence-corrected chi connectivity index (χ3v) is 2.15. The highest BCUT2D eigenvalue weighted by molar-refractivity contribution is 7.71. The molecule has 0 atom stereocenters. The summed E-state index contributed by atoms with van der Waals surface area (Å²) < 4.78 is 5.12. The van der Waals surface area contributed by atoms with Crippen LogP contribution in [0, 0.1) is 16.1 Å². The van der Waals surface area contributed by atoms with Crippen LogP contribution in [0.3, 0.4) is 0 Å². The number of aromatic amines is 1. The molecule has 0 aliphatic heterocycles. The Kier molecular flexibility index (Phi) is 3.07. The van der Waals surface area contributed by atoms with Gasteiger partial charge in [-0.3, -0.25) is 9.97 Å². The Balaban J connectivity index is 2.56. The molecule has 0 aliphatic rings. The maximum atomic E-state index is 8.79. The second kappa shape index (κ2) is 4.67. The molecule has 2 heterocycles. The van der Waals surface area contributed by atoms with Gasteiger partial charge in [0.25, 0.3) is 6.01 Å². The highest BCUT2D eigenvalue weighted by atomic mass is 32.1. The number of aromatic nitrogens is 4. The second-order valence-corrected chi connectivity index (χ2v) is 3.43. The summed E-state index contributed by atoms with van der Waals surface area (Å²) in [6, 6.07) is 3.92. The van der Waals surface area contributed by atoms with Gasteiger partial charge >= 0.3 is 0 Å². The summed E-state index contributed by atoms with van der Waals surface area (Å²) in [4.78, 5) is 14.7. The lowest BCUT2D eigenvalue weighted by molar-refractivity contribution is 0.378. The molecule has 2 aromatic heterocycles. The van der Waals surface area contributed by atoms with Gasteiger partial charge < -0.3 is 4.74 Å². The van der Waals surface area contributed by atoms with Crippen LogP contribution in [-0.4, -0.2) is 27.0 Å². The van der Waals surface area contributed by atoms with Crippen LogP contribution in [0.5, 0.6) is 6.01 Å². The third-order valence-electron chi connectivity index (χ3n) is 1.96. The largest absolute Gasteiger partial charge is 0.468 e. The van der Waals surface area contributed by atoms with Crippen molar-refractivity contribution in [1.29, 1.82) is 5.26 Å². The van der Waals surface area contributed by atoms with E-state index in [0.717, 1.165) is 0 Å². The number of hydrogen-bond acceptors (Lipinski definition) is 6. The number of nitrogens with zero attached hydrogens (tertiary/aromatic N) is 4. The maximum Gasteiger partial charge on any atom is 0.297 e. The first-order chi connectivity index (χ1) is 8.22. The molecule has 0 saturated carbocycles. The molecule has 0 bridgehead atoms. The predicted molar refractivity (Wildman–Crippen MR) is 61.7 cm³/mol. The third kappa shape index (κ3) is 2.43. The molecular weight excluding hydrogens is 238 g/mol. The standard InChI is InChI=1S/C10H7N5OS/c1-16-9-13-8(14-10(17)15-9)7-2-6(3-11)4-12-5-7/h2,4-5H,1H3,(H,13,14,15,17). The van der Waals surface area contributed by atoms with Gasteiger partial charge in [-0.15, -0.1) is 0 Å². The minimum Gasteiger partial charge on any atom is -0.468 e. The number of nitriles is 1. The first-order valence-corrected chi connectivity index (χ1v) is 5.01. The Labute approximate surface area is 102 Å². The summed E-state index contributed by atoms with van der Waals surface area (Å²) in [5.74, 6) is 0.464. The normalized spacial score (nSPS) is 9.65. The van der Waals surface area contributed by atoms with E-state index < -0.39 is 0 Å². The topological polar surface area (TPSA) is 87.5 Å². The van der Waals surface area contributed by atoms with Gasteiger partial charge in [0.15, 0.2) is 0 Å². The van der Waals surface area contributed by atoms with E-state index in [0.29, 0.717) is 17.0 Å². The van der Waals surface area contributed by atoms with Crippen molar-refractivity contribution in [1.82, 2.24) is 19.9 Å². The van der Waals surface area contributed by atoms with Gasteiger partial charge in [-0.1, -0.05) is 0 Å². The zero-order chi connectivity index (χ0) is 12.3. The van der Waals surface area contributed by atoms with Crippen molar-refractivity contribution in [3.63, 3.8) is 0 Å². The lowest BCUT2D eigenvalue weighted by Gasteiger charge is -2.03. The lowest BCUT2D eigenvalue weighted by atomic mass is 10.2. The van der Waals surface area contributed by atoms with Gasteiger partial charge in [0.05, 0.1) is 12.7 Å². The van der Waals surface area contributed by atoms with Gasteiger partial charge in [0.1, 0.15) is 11.9 Å². The van der Waals surface area contributed by atoms with Crippen molar-refractivity contribution >= 4 is 12.2 Å². The number of rotatable bonds is 2. The van der Waals surface area contributed by atoms with E-state index in [9.17, 15) is 0 Å². The van der Waals surface area contributed by atoms with Crippen molar-refractivity contribution < 1.29 is 4.74 Å². The quantitative estimate of drug-likeness (QED) is 0.806. The van der Waals surface area contributed by atoms with Crippen LogP contribution >= 0.6 is 12.2 Å². The molecule has 1 N–H and O–H groups in total. The fourth-order valence-electron chi connectivity index (χ4n) is 1.23. The average Bonchev–Trinajstić information content (AvgIpc) is 2.38. The van der Waals surface area contributed by atoms with Crippen LogP contribution in [0.1, 0.15) is 5.56 Å². The van der Waals surface area contributed by atoms with Crippen LogP contribution in [-0.2, 0) is 0 Å². The van der Waals surface area contributed by atoms with E-state index in [1.165, 1.54) is 13.3 Å². The Bertz CT molecular complexity index is 646. The van der Waals surface area contributed by atoms with E-state index >= 15 is 0 Å². The van der Waals surface area contributed by atoms with Crippen molar-refractivity contribution in [2.75, 3.05) is 7.11 Å². The van der Waals surface area contributed by atoms with E-state index in [1.54, 1.807) is 12.3 Å². The molecular formula is C10H7N5OS. The summed E-state index contributed by atoms with van der Waals surface area (Å²) in [5.41, 5.74) is 1.09. The number of nitrogens with one attached hydrogen (secondary N) is 1. The van der Waals surface area contributed by atoms with Crippen LogP contribution in [0.25, 0.3) is 11.4 Å². The summed E-state index contributed by atoms with van der Waals surface area (Å²) in [6.07, 6.45) is 3.05. The Morgan fingerprint density at radius 2 is 2.24 bits per heavy atom. The number of hydrogen-bond donors (Lipinski definition) is 1. The Hall–Kier alpha value is -2.33. The zero-order valence-corrected chi connectivity index (χ0v) is 9.65.